The van der Waals surface area contributed by atoms with Gasteiger partial charge in [-0.1, -0.05) is 0 Å². The van der Waals surface area contributed by atoms with Gasteiger partial charge in [-0.05, 0) is 39.3 Å². The third kappa shape index (κ3) is 5.62. The van der Waals surface area contributed by atoms with E-state index < -0.39 is 20.0 Å². The fraction of sp³-hybridized carbons (Fsp3) is 0.714. The van der Waals surface area contributed by atoms with E-state index >= 15 is 0 Å². The number of nitrogens with one attached hydrogen (secondary N) is 2. The number of rotatable bonds is 7. The van der Waals surface area contributed by atoms with Crippen LogP contribution in [0.1, 0.15) is 25.6 Å². The second kappa shape index (κ2) is 9.12. The van der Waals surface area contributed by atoms with Crippen molar-refractivity contribution >= 4 is 43.8 Å². The Hall–Kier alpha value is -0.230. The van der Waals surface area contributed by atoms with Gasteiger partial charge in [0.2, 0.25) is 10.0 Å². The Balaban J connectivity index is 0.00000312. The number of piperazine rings is 1. The molecule has 1 aliphatic rings. The van der Waals surface area contributed by atoms with Gasteiger partial charge in [0.1, 0.15) is 4.21 Å². The van der Waals surface area contributed by atoms with Crippen LogP contribution in [0.5, 0.6) is 0 Å². The van der Waals surface area contributed by atoms with Crippen molar-refractivity contribution in [3.8, 4) is 0 Å². The Morgan fingerprint density at radius 3 is 2.60 bits per heavy atom. The SMILES string of the molecule is CCS(=O)(=O)NCCc1ccc(S(=O)(=O)N2CCNC(C)C2C)s1.Cl. The zero-order valence-corrected chi connectivity index (χ0v) is 17.8. The molecule has 2 unspecified atom stereocenters. The third-order valence-electron chi connectivity index (χ3n) is 4.25. The molecule has 2 atom stereocenters. The van der Waals surface area contributed by atoms with Crippen molar-refractivity contribution in [3.05, 3.63) is 17.0 Å². The van der Waals surface area contributed by atoms with Gasteiger partial charge in [0.05, 0.1) is 5.75 Å². The summed E-state index contributed by atoms with van der Waals surface area (Å²) in [5.74, 6) is 0.0378. The van der Waals surface area contributed by atoms with Gasteiger partial charge in [0, 0.05) is 36.6 Å². The summed E-state index contributed by atoms with van der Waals surface area (Å²) in [6.07, 6.45) is 0.479. The van der Waals surface area contributed by atoms with Crippen molar-refractivity contribution in [3.63, 3.8) is 0 Å². The lowest BCUT2D eigenvalue weighted by Gasteiger charge is -2.37. The first-order valence-electron chi connectivity index (χ1n) is 7.98. The van der Waals surface area contributed by atoms with E-state index in [1.54, 1.807) is 23.4 Å². The molecule has 0 aromatic carbocycles. The van der Waals surface area contributed by atoms with Crippen LogP contribution in [0.3, 0.4) is 0 Å². The van der Waals surface area contributed by atoms with Crippen LogP contribution in [0, 0.1) is 0 Å². The summed E-state index contributed by atoms with van der Waals surface area (Å²) >= 11 is 1.21. The summed E-state index contributed by atoms with van der Waals surface area (Å²) in [4.78, 5) is 0.850. The van der Waals surface area contributed by atoms with E-state index in [-0.39, 0.29) is 36.8 Å². The molecule has 11 heteroatoms. The lowest BCUT2D eigenvalue weighted by atomic mass is 10.1. The molecule has 2 N–H and O–H groups in total. The van der Waals surface area contributed by atoms with E-state index in [9.17, 15) is 16.8 Å². The average molecular weight is 432 g/mol. The molecule has 0 radical (unpaired) electrons. The Morgan fingerprint density at radius 1 is 1.28 bits per heavy atom. The molecule has 2 rings (SSSR count). The molecule has 1 aromatic rings. The lowest BCUT2D eigenvalue weighted by molar-refractivity contribution is 0.233. The molecule has 146 valence electrons. The molecule has 0 spiro atoms. The number of halogens is 1. The summed E-state index contributed by atoms with van der Waals surface area (Å²) in [7, 11) is -6.73. The largest absolute Gasteiger partial charge is 0.311 e. The maximum absolute atomic E-state index is 12.8. The van der Waals surface area contributed by atoms with E-state index in [1.807, 2.05) is 13.8 Å². The smallest absolute Gasteiger partial charge is 0.252 e. The molecule has 0 aliphatic carbocycles. The minimum atomic E-state index is -3.51. The van der Waals surface area contributed by atoms with Gasteiger partial charge in [-0.2, -0.15) is 4.31 Å². The highest BCUT2D eigenvalue weighted by atomic mass is 35.5. The molecule has 25 heavy (non-hydrogen) atoms. The Kier molecular flexibility index (Phi) is 8.32. The normalized spacial score (nSPS) is 22.5. The van der Waals surface area contributed by atoms with Gasteiger partial charge in [-0.15, -0.1) is 23.7 Å². The van der Waals surface area contributed by atoms with Crippen LogP contribution < -0.4 is 10.0 Å². The quantitative estimate of drug-likeness (QED) is 0.672. The molecule has 1 saturated heterocycles. The zero-order chi connectivity index (χ0) is 18.0. The summed E-state index contributed by atoms with van der Waals surface area (Å²) < 4.78 is 52.8. The maximum Gasteiger partial charge on any atom is 0.252 e. The minimum absolute atomic E-state index is 0. The van der Waals surface area contributed by atoms with Crippen molar-refractivity contribution in [1.29, 1.82) is 0 Å². The van der Waals surface area contributed by atoms with E-state index in [2.05, 4.69) is 10.0 Å². The standard InChI is InChI=1S/C14H25N3O4S3.ClH/c1-4-23(18,19)16-8-7-13-5-6-14(22-13)24(20,21)17-10-9-15-11(2)12(17)3;/h5-6,11-12,15-16H,4,7-10H2,1-3H3;1H. The molecule has 1 aliphatic heterocycles. The van der Waals surface area contributed by atoms with Gasteiger partial charge in [0.15, 0.2) is 0 Å². The number of hydrogen-bond donors (Lipinski definition) is 2. The van der Waals surface area contributed by atoms with E-state index in [4.69, 9.17) is 0 Å². The summed E-state index contributed by atoms with van der Waals surface area (Å²) in [5, 5.41) is 3.27. The molecular weight excluding hydrogens is 406 g/mol. The third-order valence-corrected chi connectivity index (χ3v) is 9.25. The van der Waals surface area contributed by atoms with E-state index in [1.165, 1.54) is 11.3 Å². The topological polar surface area (TPSA) is 95.6 Å². The number of sulfonamides is 2. The molecular formula is C14H26ClN3O4S3. The first-order chi connectivity index (χ1) is 11.2. The van der Waals surface area contributed by atoms with Crippen molar-refractivity contribution in [2.24, 2.45) is 0 Å². The van der Waals surface area contributed by atoms with Crippen LogP contribution in [0.15, 0.2) is 16.3 Å². The van der Waals surface area contributed by atoms with Crippen LogP contribution in [0.25, 0.3) is 0 Å². The lowest BCUT2D eigenvalue weighted by Crippen LogP contribution is -2.56. The van der Waals surface area contributed by atoms with Crippen LogP contribution in [0.2, 0.25) is 0 Å². The first kappa shape index (κ1) is 22.8. The van der Waals surface area contributed by atoms with Crippen LogP contribution in [-0.2, 0) is 26.5 Å². The molecule has 7 nitrogen and oxygen atoms in total. The molecule has 1 fully saturated rings. The number of thiophene rings is 1. The number of nitrogens with zero attached hydrogens (tertiary/aromatic N) is 1. The summed E-state index contributed by atoms with van der Waals surface area (Å²) in [5.41, 5.74) is 0. The summed E-state index contributed by atoms with van der Waals surface area (Å²) in [6, 6.07) is 3.37. The van der Waals surface area contributed by atoms with Crippen LogP contribution >= 0.6 is 23.7 Å². The highest BCUT2D eigenvalue weighted by Gasteiger charge is 2.35. The van der Waals surface area contributed by atoms with Gasteiger partial charge < -0.3 is 5.32 Å². The average Bonchev–Trinajstić information content (AvgIpc) is 2.99. The highest BCUT2D eigenvalue weighted by molar-refractivity contribution is 7.91. The fourth-order valence-corrected chi connectivity index (χ4v) is 6.35. The Labute approximate surface area is 160 Å². The molecule has 0 saturated carbocycles. The van der Waals surface area contributed by atoms with Gasteiger partial charge in [-0.3, -0.25) is 0 Å². The Morgan fingerprint density at radius 2 is 1.96 bits per heavy atom. The number of hydrogen-bond acceptors (Lipinski definition) is 6. The molecule has 0 bridgehead atoms. The van der Waals surface area contributed by atoms with E-state index in [0.717, 1.165) is 4.88 Å². The van der Waals surface area contributed by atoms with Crippen molar-refractivity contribution in [2.45, 2.75) is 43.5 Å². The van der Waals surface area contributed by atoms with Gasteiger partial charge >= 0.3 is 0 Å². The minimum Gasteiger partial charge on any atom is -0.311 e. The molecule has 0 amide bonds. The predicted molar refractivity (Wildman–Crippen MR) is 104 cm³/mol. The van der Waals surface area contributed by atoms with Gasteiger partial charge in [0.25, 0.3) is 10.0 Å². The Bertz CT molecular complexity index is 764. The molecule has 1 aromatic heterocycles. The van der Waals surface area contributed by atoms with Crippen molar-refractivity contribution < 1.29 is 16.8 Å². The zero-order valence-electron chi connectivity index (χ0n) is 14.6. The first-order valence-corrected chi connectivity index (χ1v) is 11.9. The van der Waals surface area contributed by atoms with Crippen LogP contribution in [-0.4, -0.2) is 58.6 Å². The maximum atomic E-state index is 12.8. The summed E-state index contributed by atoms with van der Waals surface area (Å²) in [6.45, 7) is 6.83. The second-order valence-corrected chi connectivity index (χ2v) is 11.2. The van der Waals surface area contributed by atoms with E-state index in [0.29, 0.717) is 23.7 Å². The fourth-order valence-electron chi connectivity index (χ4n) is 2.54. The monoisotopic (exact) mass is 431 g/mol. The molecule has 2 heterocycles. The van der Waals surface area contributed by atoms with Crippen molar-refractivity contribution in [1.82, 2.24) is 14.3 Å². The second-order valence-electron chi connectivity index (χ2n) is 5.87. The van der Waals surface area contributed by atoms with Crippen molar-refractivity contribution in [2.75, 3.05) is 25.4 Å². The van der Waals surface area contributed by atoms with Gasteiger partial charge in [-0.25, -0.2) is 21.6 Å². The highest BCUT2D eigenvalue weighted by Crippen LogP contribution is 2.27. The predicted octanol–water partition coefficient (Wildman–Crippen LogP) is 1.02. The van der Waals surface area contributed by atoms with Crippen LogP contribution in [0.4, 0.5) is 0 Å².